The number of benzene rings is 1. The zero-order valence-corrected chi connectivity index (χ0v) is 14.5. The molecule has 0 aromatic heterocycles. The summed E-state index contributed by atoms with van der Waals surface area (Å²) in [7, 11) is -4.20. The third-order valence-corrected chi connectivity index (χ3v) is 6.97. The van der Waals surface area contributed by atoms with Crippen LogP contribution in [0.3, 0.4) is 0 Å². The van der Waals surface area contributed by atoms with Gasteiger partial charge in [-0.25, -0.2) is 0 Å². The van der Waals surface area contributed by atoms with Crippen molar-refractivity contribution in [3.05, 3.63) is 41.5 Å². The van der Waals surface area contributed by atoms with Gasteiger partial charge in [0.1, 0.15) is 0 Å². The standard InChI is InChI=1S/C18H22O4S/c1-17(2)15-9-10-18(17,3)16(19)14(15)8-7-12-5-4-6-13(11-12)23(20,21)22/h4-6,8,11,15H,7,9-10H2,1-3H3,(H,20,21,22)/b14-8+. The van der Waals surface area contributed by atoms with Crippen LogP contribution in [0.15, 0.2) is 40.8 Å². The molecule has 4 nitrogen and oxygen atoms in total. The van der Waals surface area contributed by atoms with Gasteiger partial charge in [0.2, 0.25) is 0 Å². The highest BCUT2D eigenvalue weighted by atomic mass is 32.2. The Labute approximate surface area is 137 Å². The smallest absolute Gasteiger partial charge is 0.294 e. The zero-order chi connectivity index (χ0) is 17.0. The topological polar surface area (TPSA) is 71.4 Å². The molecule has 2 bridgehead atoms. The molecule has 1 aromatic rings. The molecular weight excluding hydrogens is 312 g/mol. The Bertz CT molecular complexity index is 804. The first kappa shape index (κ1) is 16.4. The molecular formula is C18H22O4S. The summed E-state index contributed by atoms with van der Waals surface area (Å²) in [5.41, 5.74) is 1.36. The number of fused-ring (bicyclic) bond motifs is 2. The Morgan fingerprint density at radius 3 is 2.57 bits per heavy atom. The molecule has 0 heterocycles. The van der Waals surface area contributed by atoms with Crippen molar-refractivity contribution in [1.29, 1.82) is 0 Å². The number of hydrogen-bond acceptors (Lipinski definition) is 3. The fourth-order valence-corrected chi connectivity index (χ4v) is 4.77. The third-order valence-electron chi connectivity index (χ3n) is 6.12. The molecule has 2 unspecified atom stereocenters. The van der Waals surface area contributed by atoms with Gasteiger partial charge in [-0.2, -0.15) is 8.42 Å². The second-order valence-electron chi connectivity index (χ2n) is 7.46. The molecule has 2 aliphatic carbocycles. The van der Waals surface area contributed by atoms with Gasteiger partial charge in [0, 0.05) is 5.41 Å². The van der Waals surface area contributed by atoms with Crippen LogP contribution in [0.2, 0.25) is 0 Å². The summed E-state index contributed by atoms with van der Waals surface area (Å²) >= 11 is 0. The van der Waals surface area contributed by atoms with Gasteiger partial charge < -0.3 is 0 Å². The number of Topliss-reactive ketones (excluding diaryl/α,β-unsaturated/α-hetero) is 1. The van der Waals surface area contributed by atoms with E-state index in [1.165, 1.54) is 12.1 Å². The molecule has 2 atom stereocenters. The maximum atomic E-state index is 12.7. The van der Waals surface area contributed by atoms with Crippen molar-refractivity contribution in [2.45, 2.75) is 44.9 Å². The highest BCUT2D eigenvalue weighted by Crippen LogP contribution is 2.65. The monoisotopic (exact) mass is 334 g/mol. The van der Waals surface area contributed by atoms with Gasteiger partial charge in [-0.05, 0) is 53.9 Å². The van der Waals surface area contributed by atoms with Crippen molar-refractivity contribution in [3.63, 3.8) is 0 Å². The van der Waals surface area contributed by atoms with Gasteiger partial charge in [0.05, 0.1) is 4.90 Å². The average molecular weight is 334 g/mol. The number of carbonyl (C=O) groups excluding carboxylic acids is 1. The largest absolute Gasteiger partial charge is 0.294 e. The number of ketones is 1. The second kappa shape index (κ2) is 5.02. The zero-order valence-electron chi connectivity index (χ0n) is 13.7. The molecule has 3 rings (SSSR count). The summed E-state index contributed by atoms with van der Waals surface area (Å²) < 4.78 is 31.6. The lowest BCUT2D eigenvalue weighted by atomic mass is 9.70. The fraction of sp³-hybridized carbons (Fsp3) is 0.500. The van der Waals surface area contributed by atoms with Crippen LogP contribution >= 0.6 is 0 Å². The molecule has 0 aliphatic heterocycles. The van der Waals surface area contributed by atoms with Crippen LogP contribution in [0.1, 0.15) is 39.2 Å². The number of allylic oxidation sites excluding steroid dienone is 2. The van der Waals surface area contributed by atoms with Gasteiger partial charge in [0.15, 0.2) is 5.78 Å². The average Bonchev–Trinajstić information content (AvgIpc) is 2.77. The SMILES string of the molecule is CC12CCC(/C(=C\Cc3cccc(S(=O)(=O)O)c3)C1=O)C2(C)C. The maximum absolute atomic E-state index is 12.7. The highest BCUT2D eigenvalue weighted by molar-refractivity contribution is 7.85. The lowest BCUT2D eigenvalue weighted by Gasteiger charge is -2.31. The molecule has 2 aliphatic rings. The molecule has 0 saturated heterocycles. The number of rotatable bonds is 3. The number of carbonyl (C=O) groups is 1. The second-order valence-corrected chi connectivity index (χ2v) is 8.88. The first-order valence-electron chi connectivity index (χ1n) is 7.89. The van der Waals surface area contributed by atoms with Crippen LogP contribution in [0, 0.1) is 16.7 Å². The predicted octanol–water partition coefficient (Wildman–Crippen LogP) is 3.43. The molecule has 5 heteroatoms. The normalized spacial score (nSPS) is 31.0. The van der Waals surface area contributed by atoms with E-state index in [2.05, 4.69) is 20.8 Å². The summed E-state index contributed by atoms with van der Waals surface area (Å²) in [6, 6.07) is 6.22. The van der Waals surface area contributed by atoms with Gasteiger partial charge in [-0.15, -0.1) is 0 Å². The van der Waals surface area contributed by atoms with Crippen molar-refractivity contribution in [2.75, 3.05) is 0 Å². The van der Waals surface area contributed by atoms with Crippen LogP contribution in [0.4, 0.5) is 0 Å². The van der Waals surface area contributed by atoms with Crippen molar-refractivity contribution in [3.8, 4) is 0 Å². The van der Waals surface area contributed by atoms with E-state index in [1.54, 1.807) is 12.1 Å². The van der Waals surface area contributed by atoms with Crippen LogP contribution in [0.5, 0.6) is 0 Å². The fourth-order valence-electron chi connectivity index (χ4n) is 4.22. The molecule has 2 saturated carbocycles. The summed E-state index contributed by atoms with van der Waals surface area (Å²) in [4.78, 5) is 12.6. The molecule has 0 radical (unpaired) electrons. The van der Waals surface area contributed by atoms with E-state index in [-0.39, 0.29) is 27.4 Å². The third kappa shape index (κ3) is 2.37. The number of hydrogen-bond donors (Lipinski definition) is 1. The summed E-state index contributed by atoms with van der Waals surface area (Å²) in [5.74, 6) is 0.523. The summed E-state index contributed by atoms with van der Waals surface area (Å²) in [6.45, 7) is 6.40. The Balaban J connectivity index is 1.89. The van der Waals surface area contributed by atoms with E-state index in [4.69, 9.17) is 4.55 Å². The summed E-state index contributed by atoms with van der Waals surface area (Å²) in [5, 5.41) is 0. The molecule has 0 spiro atoms. The van der Waals surface area contributed by atoms with Gasteiger partial charge in [-0.3, -0.25) is 9.35 Å². The first-order valence-corrected chi connectivity index (χ1v) is 9.33. The molecule has 2 fully saturated rings. The minimum absolute atomic E-state index is 0.0216. The Morgan fingerprint density at radius 1 is 1.30 bits per heavy atom. The van der Waals surface area contributed by atoms with Crippen LogP contribution in [-0.4, -0.2) is 18.8 Å². The minimum Gasteiger partial charge on any atom is -0.294 e. The molecule has 0 amide bonds. The van der Waals surface area contributed by atoms with Gasteiger partial charge in [0.25, 0.3) is 10.1 Å². The van der Waals surface area contributed by atoms with Crippen LogP contribution in [0.25, 0.3) is 0 Å². The lowest BCUT2D eigenvalue weighted by molar-refractivity contribution is -0.125. The van der Waals surface area contributed by atoms with Crippen LogP contribution in [-0.2, 0) is 21.3 Å². The van der Waals surface area contributed by atoms with Crippen LogP contribution < -0.4 is 0 Å². The Hall–Kier alpha value is -1.46. The highest BCUT2D eigenvalue weighted by Gasteiger charge is 2.63. The predicted molar refractivity (Wildman–Crippen MR) is 87.7 cm³/mol. The van der Waals surface area contributed by atoms with E-state index >= 15 is 0 Å². The quantitative estimate of drug-likeness (QED) is 0.679. The lowest BCUT2D eigenvalue weighted by Crippen LogP contribution is -2.32. The van der Waals surface area contributed by atoms with E-state index in [1.807, 2.05) is 6.08 Å². The van der Waals surface area contributed by atoms with Crippen molar-refractivity contribution in [2.24, 2.45) is 16.7 Å². The summed E-state index contributed by atoms with van der Waals surface area (Å²) in [6.07, 6.45) is 4.42. The maximum Gasteiger partial charge on any atom is 0.294 e. The first-order chi connectivity index (χ1) is 10.6. The van der Waals surface area contributed by atoms with Crippen molar-refractivity contribution in [1.82, 2.24) is 0 Å². The van der Waals surface area contributed by atoms with Gasteiger partial charge >= 0.3 is 0 Å². The van der Waals surface area contributed by atoms with E-state index in [9.17, 15) is 13.2 Å². The molecule has 23 heavy (non-hydrogen) atoms. The molecule has 1 N–H and O–H groups in total. The minimum atomic E-state index is -4.20. The molecule has 124 valence electrons. The van der Waals surface area contributed by atoms with E-state index in [0.717, 1.165) is 24.0 Å². The van der Waals surface area contributed by atoms with Crippen molar-refractivity contribution < 1.29 is 17.8 Å². The Kier molecular flexibility index (Phi) is 3.58. The molecule has 1 aromatic carbocycles. The van der Waals surface area contributed by atoms with Crippen molar-refractivity contribution >= 4 is 15.9 Å². The van der Waals surface area contributed by atoms with Gasteiger partial charge in [-0.1, -0.05) is 39.0 Å². The van der Waals surface area contributed by atoms with E-state index in [0.29, 0.717) is 6.42 Å². The Morgan fingerprint density at radius 2 is 2.00 bits per heavy atom. The van der Waals surface area contributed by atoms with E-state index < -0.39 is 10.1 Å².